The van der Waals surface area contributed by atoms with Crippen molar-refractivity contribution in [3.8, 4) is 0 Å². The number of hydrogen-bond donors (Lipinski definition) is 2. The normalized spacial score (nSPS) is 16.4. The van der Waals surface area contributed by atoms with Crippen molar-refractivity contribution >= 4 is 11.8 Å². The van der Waals surface area contributed by atoms with E-state index in [-0.39, 0.29) is 17.7 Å². The van der Waals surface area contributed by atoms with Gasteiger partial charge in [0, 0.05) is 38.5 Å². The van der Waals surface area contributed by atoms with Gasteiger partial charge in [-0.05, 0) is 19.3 Å². The van der Waals surface area contributed by atoms with E-state index in [4.69, 9.17) is 5.73 Å². The second-order valence-corrected chi connectivity index (χ2v) is 5.19. The molecular weight excluding hydrogens is 242 g/mol. The second-order valence-electron chi connectivity index (χ2n) is 5.19. The molecule has 1 saturated heterocycles. The summed E-state index contributed by atoms with van der Waals surface area (Å²) in [6.45, 7) is 4.70. The molecule has 0 radical (unpaired) electrons. The Labute approximate surface area is 115 Å². The van der Waals surface area contributed by atoms with Gasteiger partial charge in [-0.1, -0.05) is 19.8 Å². The van der Waals surface area contributed by atoms with Gasteiger partial charge in [-0.15, -0.1) is 0 Å². The first-order chi connectivity index (χ1) is 9.19. The average molecular weight is 269 g/mol. The summed E-state index contributed by atoms with van der Waals surface area (Å²) in [5.41, 5.74) is 5.38. The van der Waals surface area contributed by atoms with E-state index in [1.54, 1.807) is 0 Å². The van der Waals surface area contributed by atoms with Gasteiger partial charge in [0.2, 0.25) is 11.8 Å². The predicted molar refractivity (Wildman–Crippen MR) is 75.5 cm³/mol. The fraction of sp³-hybridized carbons (Fsp3) is 0.857. The Morgan fingerprint density at radius 3 is 2.53 bits per heavy atom. The molecule has 2 amide bonds. The highest BCUT2D eigenvalue weighted by atomic mass is 16.2. The topological polar surface area (TPSA) is 75.4 Å². The van der Waals surface area contributed by atoms with Gasteiger partial charge in [0.1, 0.15) is 0 Å². The van der Waals surface area contributed by atoms with E-state index in [2.05, 4.69) is 12.2 Å². The van der Waals surface area contributed by atoms with Crippen LogP contribution in [0.1, 0.15) is 45.4 Å². The Morgan fingerprint density at radius 1 is 1.26 bits per heavy atom. The van der Waals surface area contributed by atoms with E-state index < -0.39 is 0 Å². The summed E-state index contributed by atoms with van der Waals surface area (Å²) >= 11 is 0. The lowest BCUT2D eigenvalue weighted by atomic mass is 9.95. The third kappa shape index (κ3) is 5.59. The fourth-order valence-corrected chi connectivity index (χ4v) is 2.40. The molecule has 1 fully saturated rings. The second kappa shape index (κ2) is 8.91. The number of likely N-dealkylation sites (tertiary alicyclic amines) is 1. The average Bonchev–Trinajstić information content (AvgIpc) is 2.44. The first-order valence-corrected chi connectivity index (χ1v) is 7.44. The monoisotopic (exact) mass is 269 g/mol. The maximum absolute atomic E-state index is 11.9. The molecule has 0 aromatic heterocycles. The number of nitrogens with zero attached hydrogens (tertiary/aromatic N) is 1. The molecule has 1 aliphatic rings. The number of carbonyl (C=O) groups is 2. The van der Waals surface area contributed by atoms with E-state index in [1.165, 1.54) is 0 Å². The number of unbranched alkanes of at least 4 members (excludes halogenated alkanes) is 2. The van der Waals surface area contributed by atoms with Crippen molar-refractivity contribution in [3.63, 3.8) is 0 Å². The van der Waals surface area contributed by atoms with E-state index >= 15 is 0 Å². The summed E-state index contributed by atoms with van der Waals surface area (Å²) in [6.07, 6.45) is 5.33. The van der Waals surface area contributed by atoms with Crippen LogP contribution < -0.4 is 11.1 Å². The molecule has 0 atom stereocenters. The highest BCUT2D eigenvalue weighted by Gasteiger charge is 2.26. The summed E-state index contributed by atoms with van der Waals surface area (Å²) < 4.78 is 0. The zero-order valence-electron chi connectivity index (χ0n) is 12.0. The number of rotatable bonds is 7. The summed E-state index contributed by atoms with van der Waals surface area (Å²) in [7, 11) is 0. The highest BCUT2D eigenvalue weighted by molar-refractivity contribution is 5.80. The van der Waals surface area contributed by atoms with Crippen molar-refractivity contribution in [3.05, 3.63) is 0 Å². The van der Waals surface area contributed by atoms with Crippen molar-refractivity contribution in [2.75, 3.05) is 26.2 Å². The van der Waals surface area contributed by atoms with Gasteiger partial charge in [-0.25, -0.2) is 0 Å². The van der Waals surface area contributed by atoms with Crippen LogP contribution in [0.3, 0.4) is 0 Å². The zero-order chi connectivity index (χ0) is 14.1. The minimum Gasteiger partial charge on any atom is -0.356 e. The number of piperidine rings is 1. The largest absolute Gasteiger partial charge is 0.356 e. The van der Waals surface area contributed by atoms with Crippen molar-refractivity contribution < 1.29 is 9.59 Å². The van der Waals surface area contributed by atoms with Gasteiger partial charge in [-0.2, -0.15) is 0 Å². The van der Waals surface area contributed by atoms with Crippen LogP contribution in [-0.2, 0) is 9.59 Å². The Balaban J connectivity index is 2.21. The standard InChI is InChI=1S/C14H27N3O2/c1-2-3-4-9-16-14(19)12-6-10-17(11-7-12)13(18)5-8-15/h12H,2-11,15H2,1H3,(H,16,19). The molecule has 0 saturated carbocycles. The lowest BCUT2D eigenvalue weighted by Gasteiger charge is -2.31. The molecular formula is C14H27N3O2. The van der Waals surface area contributed by atoms with Gasteiger partial charge < -0.3 is 16.0 Å². The van der Waals surface area contributed by atoms with Crippen LogP contribution in [-0.4, -0.2) is 42.9 Å². The molecule has 1 aliphatic heterocycles. The fourth-order valence-electron chi connectivity index (χ4n) is 2.40. The summed E-state index contributed by atoms with van der Waals surface area (Å²) in [5.74, 6) is 0.342. The summed E-state index contributed by atoms with van der Waals surface area (Å²) in [6, 6.07) is 0. The number of hydrogen-bond acceptors (Lipinski definition) is 3. The molecule has 19 heavy (non-hydrogen) atoms. The van der Waals surface area contributed by atoms with Crippen LogP contribution in [0.2, 0.25) is 0 Å². The smallest absolute Gasteiger partial charge is 0.223 e. The van der Waals surface area contributed by atoms with Crippen LogP contribution in [0.5, 0.6) is 0 Å². The van der Waals surface area contributed by atoms with E-state index in [0.717, 1.165) is 38.6 Å². The van der Waals surface area contributed by atoms with Gasteiger partial charge >= 0.3 is 0 Å². The lowest BCUT2D eigenvalue weighted by molar-refractivity contribution is -0.135. The molecule has 0 bridgehead atoms. The Kier molecular flexibility index (Phi) is 7.48. The van der Waals surface area contributed by atoms with Crippen LogP contribution in [0.4, 0.5) is 0 Å². The van der Waals surface area contributed by atoms with E-state index in [1.807, 2.05) is 4.90 Å². The summed E-state index contributed by atoms with van der Waals surface area (Å²) in [5, 5.41) is 2.99. The molecule has 0 aliphatic carbocycles. The molecule has 0 unspecified atom stereocenters. The molecule has 0 aromatic rings. The quantitative estimate of drug-likeness (QED) is 0.674. The first kappa shape index (κ1) is 16.0. The van der Waals surface area contributed by atoms with Crippen molar-refractivity contribution in [1.29, 1.82) is 0 Å². The first-order valence-electron chi connectivity index (χ1n) is 7.44. The van der Waals surface area contributed by atoms with Gasteiger partial charge in [0.25, 0.3) is 0 Å². The molecule has 110 valence electrons. The van der Waals surface area contributed by atoms with Crippen LogP contribution in [0.25, 0.3) is 0 Å². The Bertz CT molecular complexity index is 286. The number of carbonyl (C=O) groups excluding carboxylic acids is 2. The Hall–Kier alpha value is -1.10. The molecule has 1 rings (SSSR count). The maximum atomic E-state index is 11.9. The molecule has 0 spiro atoms. The van der Waals surface area contributed by atoms with Crippen molar-refractivity contribution in [2.24, 2.45) is 11.7 Å². The van der Waals surface area contributed by atoms with Crippen LogP contribution in [0, 0.1) is 5.92 Å². The third-order valence-electron chi connectivity index (χ3n) is 3.66. The maximum Gasteiger partial charge on any atom is 0.223 e. The van der Waals surface area contributed by atoms with Crippen molar-refractivity contribution in [2.45, 2.75) is 45.4 Å². The minimum absolute atomic E-state index is 0.0727. The molecule has 5 nitrogen and oxygen atoms in total. The van der Waals surface area contributed by atoms with E-state index in [0.29, 0.717) is 26.1 Å². The number of amides is 2. The molecule has 3 N–H and O–H groups in total. The highest BCUT2D eigenvalue weighted by Crippen LogP contribution is 2.17. The number of nitrogens with one attached hydrogen (secondary N) is 1. The van der Waals surface area contributed by atoms with Crippen LogP contribution >= 0.6 is 0 Å². The van der Waals surface area contributed by atoms with Gasteiger partial charge in [0.05, 0.1) is 0 Å². The molecule has 1 heterocycles. The third-order valence-corrected chi connectivity index (χ3v) is 3.66. The lowest BCUT2D eigenvalue weighted by Crippen LogP contribution is -2.43. The Morgan fingerprint density at radius 2 is 1.95 bits per heavy atom. The minimum atomic E-state index is 0.0727. The van der Waals surface area contributed by atoms with Crippen molar-refractivity contribution in [1.82, 2.24) is 10.2 Å². The number of nitrogens with two attached hydrogens (primary N) is 1. The van der Waals surface area contributed by atoms with Gasteiger partial charge in [-0.3, -0.25) is 9.59 Å². The zero-order valence-corrected chi connectivity index (χ0v) is 12.0. The summed E-state index contributed by atoms with van der Waals surface area (Å²) in [4.78, 5) is 25.4. The SMILES string of the molecule is CCCCCNC(=O)C1CCN(C(=O)CCN)CC1. The predicted octanol–water partition coefficient (Wildman–Crippen LogP) is 0.880. The molecule has 5 heteroatoms. The van der Waals surface area contributed by atoms with Gasteiger partial charge in [0.15, 0.2) is 0 Å². The van der Waals surface area contributed by atoms with Crippen LogP contribution in [0.15, 0.2) is 0 Å². The molecule has 0 aromatic carbocycles. The van der Waals surface area contributed by atoms with E-state index in [9.17, 15) is 9.59 Å².